The second kappa shape index (κ2) is 16.8. The molecule has 0 unspecified atom stereocenters. The van der Waals surface area contributed by atoms with Crippen LogP contribution in [0.2, 0.25) is 39.3 Å². The van der Waals surface area contributed by atoms with E-state index < -0.39 is 16.1 Å². The van der Waals surface area contributed by atoms with Gasteiger partial charge in [0.2, 0.25) is 0 Å². The van der Waals surface area contributed by atoms with E-state index in [0.717, 1.165) is 77.6 Å². The molecule has 10 aromatic carbocycles. The van der Waals surface area contributed by atoms with Crippen LogP contribution in [0.3, 0.4) is 0 Å². The molecule has 1 heterocycles. The lowest BCUT2D eigenvalue weighted by Crippen LogP contribution is -2.37. The van der Waals surface area contributed by atoms with E-state index >= 15 is 0 Å². The van der Waals surface area contributed by atoms with E-state index in [2.05, 4.69) is 267 Å². The Morgan fingerprint density at radius 1 is 0.313 bits per heavy atom. The van der Waals surface area contributed by atoms with Crippen LogP contribution >= 0.6 is 0 Å². The predicted molar refractivity (Wildman–Crippen MR) is 295 cm³/mol. The largest absolute Gasteiger partial charge is 0.455 e. The second-order valence-electron chi connectivity index (χ2n) is 19.8. The van der Waals surface area contributed by atoms with Crippen molar-refractivity contribution in [1.82, 2.24) is 0 Å². The van der Waals surface area contributed by atoms with E-state index in [9.17, 15) is 0 Å². The highest BCUT2D eigenvalue weighted by Gasteiger charge is 2.26. The molecule has 0 fully saturated rings. The average Bonchev–Trinajstić information content (AvgIpc) is 3.73. The van der Waals surface area contributed by atoms with Crippen molar-refractivity contribution in [3.8, 4) is 22.3 Å². The van der Waals surface area contributed by atoms with Crippen molar-refractivity contribution in [1.29, 1.82) is 0 Å². The summed E-state index contributed by atoms with van der Waals surface area (Å²) >= 11 is 0. The van der Waals surface area contributed by atoms with Gasteiger partial charge in [-0.05, 0) is 82.2 Å². The standard InChI is InChI=1S/C62H54N2OSi2/c1-66(2,3)51-35-31-47(32-36-51)63(49-25-17-23-45(39-49)43-19-9-7-10-20-43)58-41-57-61-55-29-15-13-27-53(55)59(42-60(61)65-62(57)56-30-16-14-28-54(56)58)64(48-33-37-52(38-34-48)67(4,5)6)50-26-18-24-46(40-50)44-21-11-8-12-22-44/h7-42H,1-6H3. The van der Waals surface area contributed by atoms with Crippen LogP contribution in [-0.4, -0.2) is 16.1 Å². The van der Waals surface area contributed by atoms with Gasteiger partial charge in [-0.15, -0.1) is 0 Å². The van der Waals surface area contributed by atoms with Crippen molar-refractivity contribution in [2.75, 3.05) is 9.80 Å². The maximum Gasteiger partial charge on any atom is 0.143 e. The molecule has 67 heavy (non-hydrogen) atoms. The smallest absolute Gasteiger partial charge is 0.143 e. The number of benzene rings is 10. The summed E-state index contributed by atoms with van der Waals surface area (Å²) < 4.78 is 7.23. The summed E-state index contributed by atoms with van der Waals surface area (Å²) in [7, 11) is -3.09. The number of furan rings is 1. The Balaban J connectivity index is 1.17. The molecule has 0 saturated carbocycles. The van der Waals surface area contributed by atoms with Crippen LogP contribution in [0.15, 0.2) is 223 Å². The zero-order chi connectivity index (χ0) is 45.9. The van der Waals surface area contributed by atoms with Gasteiger partial charge in [0.15, 0.2) is 0 Å². The summed E-state index contributed by atoms with van der Waals surface area (Å²) in [5.74, 6) is 0. The lowest BCUT2D eigenvalue weighted by Gasteiger charge is -2.28. The van der Waals surface area contributed by atoms with Crippen molar-refractivity contribution < 1.29 is 4.42 Å². The minimum absolute atomic E-state index is 0.853. The fraction of sp³-hybridized carbons (Fsp3) is 0.0968. The first-order chi connectivity index (χ1) is 32.5. The Hall–Kier alpha value is -7.45. The molecule has 0 saturated heterocycles. The molecule has 11 aromatic rings. The molecule has 11 rings (SSSR count). The van der Waals surface area contributed by atoms with Gasteiger partial charge in [-0.3, -0.25) is 0 Å². The summed E-state index contributed by atoms with van der Waals surface area (Å²) in [6, 6.07) is 80.1. The number of rotatable bonds is 10. The molecule has 0 aliphatic rings. The van der Waals surface area contributed by atoms with E-state index in [1.54, 1.807) is 0 Å². The van der Waals surface area contributed by atoms with Crippen molar-refractivity contribution >= 4 is 104 Å². The van der Waals surface area contributed by atoms with Gasteiger partial charge in [0.25, 0.3) is 0 Å². The van der Waals surface area contributed by atoms with Crippen LogP contribution in [0, 0.1) is 0 Å². The summed E-state index contributed by atoms with van der Waals surface area (Å²) in [5, 5.41) is 9.57. The van der Waals surface area contributed by atoms with Gasteiger partial charge in [-0.2, -0.15) is 0 Å². The second-order valence-corrected chi connectivity index (χ2v) is 30.0. The van der Waals surface area contributed by atoms with Crippen molar-refractivity contribution in [2.45, 2.75) is 39.3 Å². The molecule has 1 aromatic heterocycles. The molecule has 5 heteroatoms. The third-order valence-corrected chi connectivity index (χ3v) is 17.5. The normalized spacial score (nSPS) is 12.0. The van der Waals surface area contributed by atoms with Gasteiger partial charge in [0, 0.05) is 55.7 Å². The molecule has 0 aliphatic carbocycles. The summed E-state index contributed by atoms with van der Waals surface area (Å²) in [6.45, 7) is 14.5. The van der Waals surface area contributed by atoms with Gasteiger partial charge in [-0.1, -0.05) is 207 Å². The molecule has 0 radical (unpaired) electrons. The number of hydrogen-bond donors (Lipinski definition) is 0. The lowest BCUT2D eigenvalue weighted by molar-refractivity contribution is 0.673. The first-order valence-corrected chi connectivity index (χ1v) is 30.4. The molecule has 0 N–H and O–H groups in total. The highest BCUT2D eigenvalue weighted by molar-refractivity contribution is 6.89. The lowest BCUT2D eigenvalue weighted by atomic mass is 9.97. The highest BCUT2D eigenvalue weighted by atomic mass is 28.3. The quantitative estimate of drug-likeness (QED) is 0.128. The zero-order valence-electron chi connectivity index (χ0n) is 39.1. The molecule has 0 bridgehead atoms. The van der Waals surface area contributed by atoms with Crippen LogP contribution in [-0.2, 0) is 0 Å². The Bertz CT molecular complexity index is 3590. The van der Waals surface area contributed by atoms with Gasteiger partial charge < -0.3 is 14.2 Å². The molecule has 326 valence electrons. The highest BCUT2D eigenvalue weighted by Crippen LogP contribution is 2.49. The Morgan fingerprint density at radius 3 is 1.19 bits per heavy atom. The van der Waals surface area contributed by atoms with E-state index in [-0.39, 0.29) is 0 Å². The van der Waals surface area contributed by atoms with Gasteiger partial charge in [0.05, 0.1) is 27.5 Å². The maximum absolute atomic E-state index is 7.23. The summed E-state index contributed by atoms with van der Waals surface area (Å²) in [6.07, 6.45) is 0. The van der Waals surface area contributed by atoms with Gasteiger partial charge in [0.1, 0.15) is 11.2 Å². The fourth-order valence-corrected chi connectivity index (χ4v) is 12.1. The van der Waals surface area contributed by atoms with E-state index in [1.807, 2.05) is 0 Å². The molecule has 0 spiro atoms. The third kappa shape index (κ3) is 7.84. The van der Waals surface area contributed by atoms with Gasteiger partial charge >= 0.3 is 0 Å². The van der Waals surface area contributed by atoms with E-state index in [1.165, 1.54) is 32.6 Å². The molecular weight excluding hydrogens is 845 g/mol. The van der Waals surface area contributed by atoms with Crippen molar-refractivity contribution in [3.63, 3.8) is 0 Å². The number of anilines is 6. The Kier molecular flexibility index (Phi) is 10.6. The predicted octanol–water partition coefficient (Wildman–Crippen LogP) is 17.3. The van der Waals surface area contributed by atoms with Crippen LogP contribution in [0.5, 0.6) is 0 Å². The van der Waals surface area contributed by atoms with Crippen LogP contribution in [0.25, 0.3) is 65.7 Å². The maximum atomic E-state index is 7.23. The molecule has 0 amide bonds. The summed E-state index contributed by atoms with van der Waals surface area (Å²) in [5.41, 5.74) is 13.0. The Morgan fingerprint density at radius 2 is 0.716 bits per heavy atom. The van der Waals surface area contributed by atoms with Crippen molar-refractivity contribution in [3.05, 3.63) is 218 Å². The first-order valence-electron chi connectivity index (χ1n) is 23.4. The summed E-state index contributed by atoms with van der Waals surface area (Å²) in [4.78, 5) is 4.87. The zero-order valence-corrected chi connectivity index (χ0v) is 41.1. The van der Waals surface area contributed by atoms with E-state index in [0.29, 0.717) is 0 Å². The molecule has 0 atom stereocenters. The Labute approximate surface area is 396 Å². The van der Waals surface area contributed by atoms with Crippen LogP contribution in [0.1, 0.15) is 0 Å². The number of nitrogens with zero attached hydrogens (tertiary/aromatic N) is 2. The SMILES string of the molecule is C[Si](C)(C)c1ccc(N(c2cccc(-c3ccccc3)c2)c2cc3c(oc4cc(N(c5ccc([Si](C)(C)C)cc5)c5cccc(-c6ccccc6)c5)c5ccccc5c43)c3ccccc23)cc1. The minimum atomic E-state index is -1.55. The molecule has 0 aliphatic heterocycles. The first kappa shape index (κ1) is 42.2. The fourth-order valence-electron chi connectivity index (χ4n) is 9.78. The number of fused-ring (bicyclic) bond motifs is 7. The molecule has 3 nitrogen and oxygen atoms in total. The van der Waals surface area contributed by atoms with Gasteiger partial charge in [-0.25, -0.2) is 0 Å². The topological polar surface area (TPSA) is 19.6 Å². The molecular formula is C62H54N2OSi2. The monoisotopic (exact) mass is 898 g/mol. The van der Waals surface area contributed by atoms with Crippen molar-refractivity contribution in [2.24, 2.45) is 0 Å². The van der Waals surface area contributed by atoms with E-state index in [4.69, 9.17) is 4.42 Å². The minimum Gasteiger partial charge on any atom is -0.455 e. The third-order valence-electron chi connectivity index (χ3n) is 13.3. The number of hydrogen-bond acceptors (Lipinski definition) is 3. The average molecular weight is 899 g/mol. The van der Waals surface area contributed by atoms with Crippen LogP contribution < -0.4 is 20.2 Å². The van der Waals surface area contributed by atoms with Crippen LogP contribution in [0.4, 0.5) is 34.1 Å².